The van der Waals surface area contributed by atoms with Crippen molar-refractivity contribution in [3.8, 4) is 0 Å². The van der Waals surface area contributed by atoms with Gasteiger partial charge >= 0.3 is 0 Å². The molecule has 1 atom stereocenters. The summed E-state index contributed by atoms with van der Waals surface area (Å²) in [5.74, 6) is 0. The molecule has 4 nitrogen and oxygen atoms in total. The fourth-order valence-electron chi connectivity index (χ4n) is 2.12. The maximum atomic E-state index is 9.57. The van der Waals surface area contributed by atoms with E-state index in [0.717, 1.165) is 17.6 Å². The Kier molecular flexibility index (Phi) is 3.92. The summed E-state index contributed by atoms with van der Waals surface area (Å²) in [5, 5.41) is 14.2. The van der Waals surface area contributed by atoms with Gasteiger partial charge in [-0.05, 0) is 45.4 Å². The molecular weight excluding hydrogens is 238 g/mol. The molecule has 19 heavy (non-hydrogen) atoms. The molecule has 0 bridgehead atoms. The molecule has 0 fully saturated rings. The molecule has 0 spiro atoms. The van der Waals surface area contributed by atoms with Gasteiger partial charge in [-0.2, -0.15) is 0 Å². The van der Waals surface area contributed by atoms with Crippen LogP contribution in [0.3, 0.4) is 0 Å². The van der Waals surface area contributed by atoms with Crippen LogP contribution in [0.5, 0.6) is 0 Å². The molecule has 2 aromatic rings. The van der Waals surface area contributed by atoms with E-state index in [1.165, 1.54) is 5.56 Å². The predicted octanol–water partition coefficient (Wildman–Crippen LogP) is 2.31. The molecule has 0 aliphatic rings. The summed E-state index contributed by atoms with van der Waals surface area (Å²) in [7, 11) is 0. The number of aromatic nitrogens is 2. The third-order valence-electron chi connectivity index (χ3n) is 2.99. The van der Waals surface area contributed by atoms with E-state index in [0.29, 0.717) is 6.54 Å². The summed E-state index contributed by atoms with van der Waals surface area (Å²) in [6.45, 7) is 9.63. The Labute approximate surface area is 114 Å². The van der Waals surface area contributed by atoms with Gasteiger partial charge in [0.05, 0.1) is 6.10 Å². The lowest BCUT2D eigenvalue weighted by atomic mass is 10.1. The van der Waals surface area contributed by atoms with Crippen molar-refractivity contribution in [3.63, 3.8) is 0 Å². The van der Waals surface area contributed by atoms with Crippen LogP contribution in [0.2, 0.25) is 0 Å². The Morgan fingerprint density at radius 2 is 2.16 bits per heavy atom. The van der Waals surface area contributed by atoms with Crippen LogP contribution in [0, 0.1) is 0 Å². The second kappa shape index (κ2) is 5.31. The number of pyridine rings is 1. The molecule has 0 saturated heterocycles. The highest BCUT2D eigenvalue weighted by atomic mass is 16.3. The Balaban J connectivity index is 2.33. The number of nitrogens with zero attached hydrogens (tertiary/aromatic N) is 2. The van der Waals surface area contributed by atoms with Gasteiger partial charge in [-0.15, -0.1) is 0 Å². The first-order valence-electron chi connectivity index (χ1n) is 6.72. The van der Waals surface area contributed by atoms with Crippen molar-refractivity contribution in [2.24, 2.45) is 0 Å². The Morgan fingerprint density at radius 1 is 1.42 bits per heavy atom. The van der Waals surface area contributed by atoms with Gasteiger partial charge in [0.1, 0.15) is 5.65 Å². The van der Waals surface area contributed by atoms with Crippen molar-refractivity contribution in [2.75, 3.05) is 0 Å². The number of nitrogens with one attached hydrogen (secondary N) is 1. The van der Waals surface area contributed by atoms with Crippen LogP contribution < -0.4 is 5.32 Å². The van der Waals surface area contributed by atoms with Crippen LogP contribution in [-0.4, -0.2) is 26.3 Å². The highest BCUT2D eigenvalue weighted by Crippen LogP contribution is 2.20. The van der Waals surface area contributed by atoms with Crippen molar-refractivity contribution in [1.29, 1.82) is 0 Å². The van der Waals surface area contributed by atoms with E-state index in [4.69, 9.17) is 0 Å². The van der Waals surface area contributed by atoms with Crippen molar-refractivity contribution < 1.29 is 5.11 Å². The molecule has 2 rings (SSSR count). The lowest BCUT2D eigenvalue weighted by Crippen LogP contribution is -2.35. The highest BCUT2D eigenvalue weighted by Gasteiger charge is 2.13. The Hall–Kier alpha value is -1.39. The number of fused-ring (bicyclic) bond motifs is 1. The number of hydrogen-bond donors (Lipinski definition) is 2. The van der Waals surface area contributed by atoms with Crippen LogP contribution >= 0.6 is 0 Å². The average Bonchev–Trinajstić information content (AvgIpc) is 2.64. The lowest BCUT2D eigenvalue weighted by molar-refractivity contribution is 0.175. The standard InChI is InChI=1S/C15H23N3O/c1-11(19)9-18-10-12(8-17-15(2,3)4)13-6-5-7-16-14(13)18/h5-7,10-11,17,19H,8-9H2,1-4H3. The Bertz CT molecular complexity index is 552. The van der Waals surface area contributed by atoms with E-state index in [1.807, 2.05) is 10.6 Å². The minimum Gasteiger partial charge on any atom is -0.392 e. The van der Waals surface area contributed by atoms with Gasteiger partial charge in [0.15, 0.2) is 0 Å². The third kappa shape index (κ3) is 3.55. The van der Waals surface area contributed by atoms with Crippen molar-refractivity contribution in [3.05, 3.63) is 30.1 Å². The van der Waals surface area contributed by atoms with Gasteiger partial charge < -0.3 is 15.0 Å². The summed E-state index contributed by atoms with van der Waals surface area (Å²) in [6.07, 6.45) is 3.51. The zero-order valence-corrected chi connectivity index (χ0v) is 12.1. The number of hydrogen-bond acceptors (Lipinski definition) is 3. The minimum atomic E-state index is -0.374. The summed E-state index contributed by atoms with van der Waals surface area (Å²) in [4.78, 5) is 4.42. The van der Waals surface area contributed by atoms with E-state index in [2.05, 4.69) is 43.3 Å². The normalized spacial score (nSPS) is 13.9. The van der Waals surface area contributed by atoms with Gasteiger partial charge in [-0.25, -0.2) is 4.98 Å². The summed E-state index contributed by atoms with van der Waals surface area (Å²) in [6, 6.07) is 4.04. The van der Waals surface area contributed by atoms with Crippen molar-refractivity contribution in [2.45, 2.75) is 52.4 Å². The second-order valence-corrected chi connectivity index (χ2v) is 6.13. The van der Waals surface area contributed by atoms with Crippen LogP contribution in [0.4, 0.5) is 0 Å². The number of rotatable bonds is 4. The van der Waals surface area contributed by atoms with Crippen LogP contribution in [0.1, 0.15) is 33.3 Å². The molecule has 0 radical (unpaired) electrons. The van der Waals surface area contributed by atoms with Gasteiger partial charge in [-0.3, -0.25) is 0 Å². The lowest BCUT2D eigenvalue weighted by Gasteiger charge is -2.20. The maximum Gasteiger partial charge on any atom is 0.140 e. The summed E-state index contributed by atoms with van der Waals surface area (Å²) >= 11 is 0. The largest absolute Gasteiger partial charge is 0.392 e. The molecule has 0 aliphatic carbocycles. The topological polar surface area (TPSA) is 50.1 Å². The molecular formula is C15H23N3O. The van der Waals surface area contributed by atoms with E-state index in [1.54, 1.807) is 13.1 Å². The quantitative estimate of drug-likeness (QED) is 0.888. The molecule has 0 aromatic carbocycles. The first-order valence-corrected chi connectivity index (χ1v) is 6.72. The molecule has 0 aliphatic heterocycles. The van der Waals surface area contributed by atoms with Crippen LogP contribution in [-0.2, 0) is 13.1 Å². The summed E-state index contributed by atoms with van der Waals surface area (Å²) < 4.78 is 2.03. The SMILES string of the molecule is CC(O)Cn1cc(CNC(C)(C)C)c2cccnc21. The zero-order chi connectivity index (χ0) is 14.0. The molecule has 2 heterocycles. The van der Waals surface area contributed by atoms with E-state index in [9.17, 15) is 5.11 Å². The van der Waals surface area contributed by atoms with Crippen molar-refractivity contribution in [1.82, 2.24) is 14.9 Å². The van der Waals surface area contributed by atoms with Gasteiger partial charge in [0, 0.05) is 36.4 Å². The predicted molar refractivity (Wildman–Crippen MR) is 78.0 cm³/mol. The van der Waals surface area contributed by atoms with Gasteiger partial charge in [0.25, 0.3) is 0 Å². The second-order valence-electron chi connectivity index (χ2n) is 6.13. The first kappa shape index (κ1) is 14.0. The summed E-state index contributed by atoms with van der Waals surface area (Å²) in [5.41, 5.74) is 2.24. The van der Waals surface area contributed by atoms with Crippen LogP contribution in [0.25, 0.3) is 11.0 Å². The monoisotopic (exact) mass is 261 g/mol. The van der Waals surface area contributed by atoms with Gasteiger partial charge in [-0.1, -0.05) is 0 Å². The molecule has 0 amide bonds. The van der Waals surface area contributed by atoms with E-state index < -0.39 is 0 Å². The molecule has 4 heteroatoms. The fraction of sp³-hybridized carbons (Fsp3) is 0.533. The van der Waals surface area contributed by atoms with E-state index >= 15 is 0 Å². The fourth-order valence-corrected chi connectivity index (χ4v) is 2.12. The Morgan fingerprint density at radius 3 is 2.79 bits per heavy atom. The number of aliphatic hydroxyl groups is 1. The third-order valence-corrected chi connectivity index (χ3v) is 2.99. The number of aliphatic hydroxyl groups excluding tert-OH is 1. The van der Waals surface area contributed by atoms with Gasteiger partial charge in [0.2, 0.25) is 0 Å². The minimum absolute atomic E-state index is 0.0842. The smallest absolute Gasteiger partial charge is 0.140 e. The molecule has 2 N–H and O–H groups in total. The highest BCUT2D eigenvalue weighted by molar-refractivity contribution is 5.80. The average molecular weight is 261 g/mol. The molecule has 2 aromatic heterocycles. The maximum absolute atomic E-state index is 9.57. The zero-order valence-electron chi connectivity index (χ0n) is 12.1. The molecule has 0 saturated carbocycles. The van der Waals surface area contributed by atoms with Crippen LogP contribution in [0.15, 0.2) is 24.5 Å². The van der Waals surface area contributed by atoms with Crippen molar-refractivity contribution >= 4 is 11.0 Å². The van der Waals surface area contributed by atoms with E-state index in [-0.39, 0.29) is 11.6 Å². The first-order chi connectivity index (χ1) is 8.87. The molecule has 104 valence electrons. The molecule has 1 unspecified atom stereocenters.